The molecule has 1 amide bonds. The number of carbonyl (C=O) groups is 1. The summed E-state index contributed by atoms with van der Waals surface area (Å²) in [4.78, 5) is 20.6. The van der Waals surface area contributed by atoms with Gasteiger partial charge in [0.2, 0.25) is 0 Å². The highest BCUT2D eigenvalue weighted by atomic mass is 35.5. The molecule has 0 radical (unpaired) electrons. The number of benzene rings is 2. The normalized spacial score (nSPS) is 11.1. The summed E-state index contributed by atoms with van der Waals surface area (Å²) in [5.41, 5.74) is 2.69. The number of amides is 1. The fraction of sp³-hybridized carbons (Fsp3) is 0. The lowest BCUT2D eigenvalue weighted by molar-refractivity contribution is -0.111. The molecule has 27 heavy (non-hydrogen) atoms. The summed E-state index contributed by atoms with van der Waals surface area (Å²) in [6.07, 6.45) is 4.77. The van der Waals surface area contributed by atoms with Crippen LogP contribution >= 0.6 is 11.6 Å². The Balaban J connectivity index is 1.56. The van der Waals surface area contributed by atoms with Gasteiger partial charge < -0.3 is 0 Å². The first kappa shape index (κ1) is 16.9. The summed E-state index contributed by atoms with van der Waals surface area (Å²) < 4.78 is 1.61. The van der Waals surface area contributed by atoms with Crippen LogP contribution in [0.3, 0.4) is 0 Å². The maximum atomic E-state index is 12.2. The number of hydrogen-bond acceptors (Lipinski definition) is 4. The number of nitrogens with zero attached hydrogens (tertiary/aromatic N) is 4. The van der Waals surface area contributed by atoms with Crippen LogP contribution in [0.25, 0.3) is 23.1 Å². The smallest absolute Gasteiger partial charge is 0.254 e. The van der Waals surface area contributed by atoms with E-state index in [1.807, 2.05) is 48.5 Å². The van der Waals surface area contributed by atoms with Gasteiger partial charge in [-0.05, 0) is 29.8 Å². The molecule has 0 saturated carbocycles. The fourth-order valence-electron chi connectivity index (χ4n) is 2.57. The number of hydrogen-bond donors (Lipinski definition) is 1. The molecule has 0 aliphatic rings. The molecule has 0 aliphatic heterocycles. The van der Waals surface area contributed by atoms with Crippen molar-refractivity contribution in [1.29, 1.82) is 0 Å². The minimum Gasteiger partial charge on any atom is -0.290 e. The number of carbonyl (C=O) groups excluding carboxylic acids is 1. The van der Waals surface area contributed by atoms with E-state index in [0.29, 0.717) is 10.8 Å². The average Bonchev–Trinajstić information content (AvgIpc) is 3.10. The van der Waals surface area contributed by atoms with Gasteiger partial charge in [0.15, 0.2) is 0 Å². The van der Waals surface area contributed by atoms with Crippen molar-refractivity contribution >= 4 is 35.3 Å². The SMILES string of the molecule is O=C(/C=C/c1ccc(Cl)cc1)Nc1nc2nccc(-c3ccccc3)n2n1. The topological polar surface area (TPSA) is 72.2 Å². The van der Waals surface area contributed by atoms with E-state index < -0.39 is 0 Å². The minimum absolute atomic E-state index is 0.191. The molecule has 0 fully saturated rings. The van der Waals surface area contributed by atoms with Crippen LogP contribution in [-0.4, -0.2) is 25.5 Å². The van der Waals surface area contributed by atoms with Crippen molar-refractivity contribution in [2.75, 3.05) is 5.32 Å². The van der Waals surface area contributed by atoms with Crippen molar-refractivity contribution in [2.45, 2.75) is 0 Å². The van der Waals surface area contributed by atoms with Crippen molar-refractivity contribution in [2.24, 2.45) is 0 Å². The molecular formula is C20H14ClN5O. The summed E-state index contributed by atoms with van der Waals surface area (Å²) in [7, 11) is 0. The zero-order valence-corrected chi connectivity index (χ0v) is 14.8. The standard InChI is InChI=1S/C20H14ClN5O/c21-16-9-6-14(7-10-16)8-11-18(27)23-19-24-20-22-13-12-17(26(20)25-19)15-4-2-1-3-5-15/h1-13H,(H,23,25,27)/b11-8+. The molecule has 0 atom stereocenters. The Bertz CT molecular complexity index is 1120. The van der Waals surface area contributed by atoms with Crippen LogP contribution in [0.5, 0.6) is 0 Å². The lowest BCUT2D eigenvalue weighted by atomic mass is 10.1. The van der Waals surface area contributed by atoms with E-state index in [1.165, 1.54) is 6.08 Å². The highest BCUT2D eigenvalue weighted by Crippen LogP contribution is 2.19. The summed E-state index contributed by atoms with van der Waals surface area (Å²) >= 11 is 5.85. The molecule has 0 spiro atoms. The minimum atomic E-state index is -0.331. The van der Waals surface area contributed by atoms with Crippen molar-refractivity contribution in [3.05, 3.63) is 83.5 Å². The Morgan fingerprint density at radius 2 is 1.81 bits per heavy atom. The van der Waals surface area contributed by atoms with Gasteiger partial charge in [0.05, 0.1) is 5.69 Å². The van der Waals surface area contributed by atoms with Crippen LogP contribution in [0, 0.1) is 0 Å². The molecule has 0 saturated heterocycles. The third kappa shape index (κ3) is 3.86. The van der Waals surface area contributed by atoms with Crippen molar-refractivity contribution in [1.82, 2.24) is 19.6 Å². The van der Waals surface area contributed by atoms with Gasteiger partial charge in [-0.1, -0.05) is 54.1 Å². The molecule has 4 aromatic rings. The van der Waals surface area contributed by atoms with Crippen LogP contribution in [-0.2, 0) is 4.79 Å². The van der Waals surface area contributed by atoms with Gasteiger partial charge in [0, 0.05) is 22.9 Å². The monoisotopic (exact) mass is 375 g/mol. The summed E-state index contributed by atoms with van der Waals surface area (Å²) in [6, 6.07) is 18.8. The van der Waals surface area contributed by atoms with E-state index >= 15 is 0 Å². The lowest BCUT2D eigenvalue weighted by Crippen LogP contribution is -2.09. The molecule has 132 valence electrons. The van der Waals surface area contributed by atoms with E-state index in [4.69, 9.17) is 11.6 Å². The van der Waals surface area contributed by atoms with Crippen molar-refractivity contribution < 1.29 is 4.79 Å². The molecule has 6 nitrogen and oxygen atoms in total. The summed E-state index contributed by atoms with van der Waals surface area (Å²) in [5, 5.41) is 7.66. The van der Waals surface area contributed by atoms with Crippen LogP contribution in [0.15, 0.2) is 72.9 Å². The summed E-state index contributed by atoms with van der Waals surface area (Å²) in [5.74, 6) is 0.270. The van der Waals surface area contributed by atoms with Gasteiger partial charge in [0.25, 0.3) is 17.6 Å². The predicted octanol–water partition coefficient (Wildman–Crippen LogP) is 4.10. The maximum Gasteiger partial charge on any atom is 0.254 e. The Kier molecular flexibility index (Phi) is 4.63. The molecule has 7 heteroatoms. The Labute approximate surface area is 160 Å². The van der Waals surface area contributed by atoms with E-state index in [-0.39, 0.29) is 11.9 Å². The van der Waals surface area contributed by atoms with Gasteiger partial charge in [-0.3, -0.25) is 10.1 Å². The van der Waals surface area contributed by atoms with Crippen LogP contribution in [0.4, 0.5) is 5.95 Å². The number of anilines is 1. The molecular weight excluding hydrogens is 362 g/mol. The quantitative estimate of drug-likeness (QED) is 0.545. The number of rotatable bonds is 4. The van der Waals surface area contributed by atoms with Crippen molar-refractivity contribution in [3.8, 4) is 11.3 Å². The number of nitrogens with one attached hydrogen (secondary N) is 1. The van der Waals surface area contributed by atoms with Crippen LogP contribution < -0.4 is 5.32 Å². The molecule has 0 unspecified atom stereocenters. The number of halogens is 1. The highest BCUT2D eigenvalue weighted by Gasteiger charge is 2.10. The maximum absolute atomic E-state index is 12.2. The number of aromatic nitrogens is 4. The van der Waals surface area contributed by atoms with E-state index in [2.05, 4.69) is 20.4 Å². The van der Waals surface area contributed by atoms with E-state index in [9.17, 15) is 4.79 Å². The second-order valence-corrected chi connectivity index (χ2v) is 6.15. The first-order valence-electron chi connectivity index (χ1n) is 8.21. The number of fused-ring (bicyclic) bond motifs is 1. The average molecular weight is 376 g/mol. The van der Waals surface area contributed by atoms with Crippen LogP contribution in [0.1, 0.15) is 5.56 Å². The largest absolute Gasteiger partial charge is 0.290 e. The predicted molar refractivity (Wildman–Crippen MR) is 105 cm³/mol. The molecule has 2 aromatic heterocycles. The third-order valence-corrected chi connectivity index (χ3v) is 4.09. The second kappa shape index (κ2) is 7.39. The zero-order valence-electron chi connectivity index (χ0n) is 14.1. The van der Waals surface area contributed by atoms with Gasteiger partial charge in [-0.15, -0.1) is 5.10 Å². The molecule has 1 N–H and O–H groups in total. The second-order valence-electron chi connectivity index (χ2n) is 5.72. The van der Waals surface area contributed by atoms with Gasteiger partial charge in [-0.2, -0.15) is 9.50 Å². The molecule has 2 aromatic carbocycles. The zero-order chi connectivity index (χ0) is 18.6. The highest BCUT2D eigenvalue weighted by molar-refractivity contribution is 6.30. The fourth-order valence-corrected chi connectivity index (χ4v) is 2.70. The molecule has 4 rings (SSSR count). The first-order valence-corrected chi connectivity index (χ1v) is 8.59. The van der Waals surface area contributed by atoms with E-state index in [1.54, 1.807) is 28.9 Å². The molecule has 2 heterocycles. The van der Waals surface area contributed by atoms with Crippen molar-refractivity contribution in [3.63, 3.8) is 0 Å². The third-order valence-electron chi connectivity index (χ3n) is 3.84. The van der Waals surface area contributed by atoms with Gasteiger partial charge in [-0.25, -0.2) is 4.98 Å². The van der Waals surface area contributed by atoms with Crippen LogP contribution in [0.2, 0.25) is 5.02 Å². The van der Waals surface area contributed by atoms with Gasteiger partial charge >= 0.3 is 0 Å². The lowest BCUT2D eigenvalue weighted by Gasteiger charge is -2.02. The first-order chi connectivity index (χ1) is 13.2. The summed E-state index contributed by atoms with van der Waals surface area (Å²) in [6.45, 7) is 0. The van der Waals surface area contributed by atoms with Gasteiger partial charge in [0.1, 0.15) is 0 Å². The Morgan fingerprint density at radius 1 is 1.04 bits per heavy atom. The molecule has 0 aliphatic carbocycles. The Morgan fingerprint density at radius 3 is 2.59 bits per heavy atom. The molecule has 0 bridgehead atoms. The Hall–Kier alpha value is -3.51. The van der Waals surface area contributed by atoms with E-state index in [0.717, 1.165) is 16.8 Å².